The maximum atomic E-state index is 11.5. The van der Waals surface area contributed by atoms with E-state index in [-0.39, 0.29) is 0 Å². The molecule has 1 atom stereocenters. The van der Waals surface area contributed by atoms with Crippen LogP contribution >= 0.6 is 11.8 Å². The predicted octanol–water partition coefficient (Wildman–Crippen LogP) is 3.34. The van der Waals surface area contributed by atoms with Gasteiger partial charge in [-0.15, -0.1) is 11.8 Å². The molecule has 1 N–H and O–H groups in total. The second-order valence-electron chi connectivity index (χ2n) is 4.67. The fraction of sp³-hybridized carbons (Fsp3) is 0.500. The van der Waals surface area contributed by atoms with E-state index >= 15 is 0 Å². The van der Waals surface area contributed by atoms with Crippen LogP contribution in [-0.2, 0) is 0 Å². The zero-order chi connectivity index (χ0) is 13.1. The molecule has 0 amide bonds. The van der Waals surface area contributed by atoms with Crippen molar-refractivity contribution >= 4 is 23.4 Å². The first kappa shape index (κ1) is 13.3. The minimum Gasteiger partial charge on any atom is -0.478 e. The fourth-order valence-corrected chi connectivity index (χ4v) is 3.16. The first-order valence-electron chi connectivity index (χ1n) is 6.32. The van der Waals surface area contributed by atoms with E-state index in [0.29, 0.717) is 11.5 Å². The number of anilines is 1. The third kappa shape index (κ3) is 2.48. The summed E-state index contributed by atoms with van der Waals surface area (Å²) in [6, 6.07) is 5.76. The van der Waals surface area contributed by atoms with E-state index < -0.39 is 5.97 Å². The Kier molecular flexibility index (Phi) is 4.17. The standard InChI is InChI=1S/C14H19NO2S/c1-3-10-7-8-15(9-10)11-5-4-6-12(18-2)13(11)14(16)17/h4-6,10H,3,7-9H2,1-2H3,(H,16,17). The van der Waals surface area contributed by atoms with E-state index in [4.69, 9.17) is 0 Å². The SMILES string of the molecule is CCC1CCN(c2cccc(SC)c2C(=O)O)C1. The van der Waals surface area contributed by atoms with Crippen molar-refractivity contribution in [3.05, 3.63) is 23.8 Å². The normalized spacial score (nSPS) is 19.2. The van der Waals surface area contributed by atoms with Gasteiger partial charge in [-0.2, -0.15) is 0 Å². The highest BCUT2D eigenvalue weighted by atomic mass is 32.2. The minimum atomic E-state index is -0.824. The molecule has 0 radical (unpaired) electrons. The largest absolute Gasteiger partial charge is 0.478 e. The maximum absolute atomic E-state index is 11.5. The Morgan fingerprint density at radius 2 is 2.33 bits per heavy atom. The molecule has 1 aliphatic rings. The van der Waals surface area contributed by atoms with E-state index in [1.54, 1.807) is 0 Å². The Bertz CT molecular complexity index is 447. The van der Waals surface area contributed by atoms with Gasteiger partial charge in [0.05, 0.1) is 11.3 Å². The van der Waals surface area contributed by atoms with Crippen molar-refractivity contribution < 1.29 is 9.90 Å². The van der Waals surface area contributed by atoms with Crippen molar-refractivity contribution in [3.63, 3.8) is 0 Å². The molecule has 0 aromatic heterocycles. The van der Waals surface area contributed by atoms with Crippen LogP contribution in [0.15, 0.2) is 23.1 Å². The minimum absolute atomic E-state index is 0.460. The number of aromatic carboxylic acids is 1. The molecule has 1 saturated heterocycles. The molecule has 1 fully saturated rings. The quantitative estimate of drug-likeness (QED) is 0.848. The lowest BCUT2D eigenvalue weighted by atomic mass is 10.1. The molecule has 1 heterocycles. The summed E-state index contributed by atoms with van der Waals surface area (Å²) >= 11 is 1.50. The Morgan fingerprint density at radius 1 is 1.56 bits per heavy atom. The van der Waals surface area contributed by atoms with E-state index in [2.05, 4.69) is 11.8 Å². The predicted molar refractivity (Wildman–Crippen MR) is 75.8 cm³/mol. The van der Waals surface area contributed by atoms with Crippen molar-refractivity contribution in [3.8, 4) is 0 Å². The first-order valence-corrected chi connectivity index (χ1v) is 7.55. The number of hydrogen-bond acceptors (Lipinski definition) is 3. The zero-order valence-electron chi connectivity index (χ0n) is 10.8. The molecule has 18 heavy (non-hydrogen) atoms. The Balaban J connectivity index is 2.36. The highest BCUT2D eigenvalue weighted by Crippen LogP contribution is 2.33. The third-order valence-electron chi connectivity index (χ3n) is 3.64. The number of benzene rings is 1. The molecule has 0 aliphatic carbocycles. The van der Waals surface area contributed by atoms with Crippen LogP contribution < -0.4 is 4.90 Å². The number of rotatable bonds is 4. The molecule has 2 rings (SSSR count). The fourth-order valence-electron chi connectivity index (χ4n) is 2.55. The van der Waals surface area contributed by atoms with Crippen molar-refractivity contribution in [2.75, 3.05) is 24.2 Å². The summed E-state index contributed by atoms with van der Waals surface area (Å²) in [6.45, 7) is 4.15. The van der Waals surface area contributed by atoms with Gasteiger partial charge in [-0.1, -0.05) is 19.4 Å². The molecule has 1 aromatic rings. The number of carboxylic acid groups (broad SMARTS) is 1. The molecular formula is C14H19NO2S. The lowest BCUT2D eigenvalue weighted by Crippen LogP contribution is -2.22. The molecule has 1 unspecified atom stereocenters. The summed E-state index contributed by atoms with van der Waals surface area (Å²) < 4.78 is 0. The summed E-state index contributed by atoms with van der Waals surface area (Å²) in [5.41, 5.74) is 1.34. The van der Waals surface area contributed by atoms with Crippen LogP contribution in [0.1, 0.15) is 30.1 Å². The van der Waals surface area contributed by atoms with Gasteiger partial charge in [-0.25, -0.2) is 4.79 Å². The summed E-state index contributed by atoms with van der Waals surface area (Å²) in [4.78, 5) is 14.5. The van der Waals surface area contributed by atoms with Crippen LogP contribution in [0.3, 0.4) is 0 Å². The van der Waals surface area contributed by atoms with Crippen molar-refractivity contribution in [2.24, 2.45) is 5.92 Å². The Morgan fingerprint density at radius 3 is 2.89 bits per heavy atom. The van der Waals surface area contributed by atoms with Crippen LogP contribution in [0.5, 0.6) is 0 Å². The van der Waals surface area contributed by atoms with Crippen LogP contribution in [0.4, 0.5) is 5.69 Å². The summed E-state index contributed by atoms with van der Waals surface area (Å²) in [6.07, 6.45) is 4.25. The van der Waals surface area contributed by atoms with Crippen LogP contribution in [0.25, 0.3) is 0 Å². The topological polar surface area (TPSA) is 40.5 Å². The van der Waals surface area contributed by atoms with E-state index in [1.807, 2.05) is 24.5 Å². The van der Waals surface area contributed by atoms with Gasteiger partial charge in [-0.3, -0.25) is 0 Å². The highest BCUT2D eigenvalue weighted by Gasteiger charge is 2.25. The smallest absolute Gasteiger partial charge is 0.338 e. The summed E-state index contributed by atoms with van der Waals surface area (Å²) in [5, 5.41) is 9.42. The van der Waals surface area contributed by atoms with Gasteiger partial charge in [0.1, 0.15) is 0 Å². The molecule has 0 bridgehead atoms. The zero-order valence-corrected chi connectivity index (χ0v) is 11.7. The molecule has 0 spiro atoms. The number of thioether (sulfide) groups is 1. The van der Waals surface area contributed by atoms with Gasteiger partial charge in [-0.05, 0) is 30.7 Å². The molecule has 1 aromatic carbocycles. The molecule has 1 aliphatic heterocycles. The highest BCUT2D eigenvalue weighted by molar-refractivity contribution is 7.98. The van der Waals surface area contributed by atoms with E-state index in [0.717, 1.165) is 23.7 Å². The number of carboxylic acids is 1. The monoisotopic (exact) mass is 265 g/mol. The van der Waals surface area contributed by atoms with Crippen molar-refractivity contribution in [1.82, 2.24) is 0 Å². The lowest BCUT2D eigenvalue weighted by Gasteiger charge is -2.22. The van der Waals surface area contributed by atoms with E-state index in [1.165, 1.54) is 24.6 Å². The first-order chi connectivity index (χ1) is 8.67. The average Bonchev–Trinajstić information content (AvgIpc) is 2.86. The molecule has 98 valence electrons. The Labute approximate surface area is 112 Å². The molecule has 0 saturated carbocycles. The van der Waals surface area contributed by atoms with Gasteiger partial charge in [0.2, 0.25) is 0 Å². The average molecular weight is 265 g/mol. The van der Waals surface area contributed by atoms with E-state index in [9.17, 15) is 9.90 Å². The Hall–Kier alpha value is -1.16. The second kappa shape index (κ2) is 5.65. The maximum Gasteiger partial charge on any atom is 0.338 e. The van der Waals surface area contributed by atoms with Crippen molar-refractivity contribution in [2.45, 2.75) is 24.7 Å². The van der Waals surface area contributed by atoms with Crippen LogP contribution in [-0.4, -0.2) is 30.4 Å². The van der Waals surface area contributed by atoms with Gasteiger partial charge >= 0.3 is 5.97 Å². The molecule has 3 nitrogen and oxygen atoms in total. The van der Waals surface area contributed by atoms with Gasteiger partial charge < -0.3 is 10.0 Å². The van der Waals surface area contributed by atoms with Gasteiger partial charge in [0.15, 0.2) is 0 Å². The van der Waals surface area contributed by atoms with Crippen molar-refractivity contribution in [1.29, 1.82) is 0 Å². The summed E-state index contributed by atoms with van der Waals surface area (Å²) in [7, 11) is 0. The third-order valence-corrected chi connectivity index (χ3v) is 4.42. The number of carbonyl (C=O) groups is 1. The van der Waals surface area contributed by atoms with Gasteiger partial charge in [0.25, 0.3) is 0 Å². The number of hydrogen-bond donors (Lipinski definition) is 1. The second-order valence-corrected chi connectivity index (χ2v) is 5.52. The molecular weight excluding hydrogens is 246 g/mol. The van der Waals surface area contributed by atoms with Gasteiger partial charge in [0, 0.05) is 18.0 Å². The molecule has 4 heteroatoms. The lowest BCUT2D eigenvalue weighted by molar-refractivity contribution is 0.0694. The van der Waals surface area contributed by atoms with Crippen LogP contribution in [0, 0.1) is 5.92 Å². The summed E-state index contributed by atoms with van der Waals surface area (Å²) in [5.74, 6) is -0.125. The number of nitrogens with zero attached hydrogens (tertiary/aromatic N) is 1. The van der Waals surface area contributed by atoms with Crippen LogP contribution in [0.2, 0.25) is 0 Å².